The molecule has 2 atom stereocenters. The van der Waals surface area contributed by atoms with Gasteiger partial charge in [-0.25, -0.2) is 13.2 Å². The number of carbonyl (C=O) groups excluding carboxylic acids is 3. The van der Waals surface area contributed by atoms with Crippen LogP contribution in [0.25, 0.3) is 0 Å². The molecule has 3 aromatic rings. The van der Waals surface area contributed by atoms with Crippen LogP contribution in [-0.4, -0.2) is 28.2 Å². The maximum Gasteiger partial charge on any atom is 0.471 e. The van der Waals surface area contributed by atoms with Crippen molar-refractivity contribution in [3.05, 3.63) is 86.1 Å². The number of hydrogen-bond donors (Lipinski definition) is 3. The Hall–Kier alpha value is -2.90. The van der Waals surface area contributed by atoms with E-state index in [-0.39, 0.29) is 15.7 Å². The number of amides is 3. The van der Waals surface area contributed by atoms with Crippen molar-refractivity contribution in [2.45, 2.75) is 16.4 Å². The summed E-state index contributed by atoms with van der Waals surface area (Å²) in [6, 6.07) is 7.00. The van der Waals surface area contributed by atoms with E-state index >= 15 is 0 Å². The maximum atomic E-state index is 14.7. The fraction of sp³-hybridized carbons (Fsp3) is 0.160. The van der Waals surface area contributed by atoms with E-state index in [1.54, 1.807) is 5.32 Å². The molecule has 0 radical (unpaired) electrons. The zero-order valence-electron chi connectivity index (χ0n) is 20.1. The van der Waals surface area contributed by atoms with E-state index in [9.17, 15) is 40.7 Å². The van der Waals surface area contributed by atoms with Gasteiger partial charge < -0.3 is 16.0 Å². The quantitative estimate of drug-likeness (QED) is 0.179. The average Bonchev–Trinajstić information content (AvgIpc) is 3.46. The van der Waals surface area contributed by atoms with Crippen LogP contribution in [0.3, 0.4) is 0 Å². The van der Waals surface area contributed by atoms with Crippen molar-refractivity contribution in [1.82, 2.24) is 0 Å². The summed E-state index contributed by atoms with van der Waals surface area (Å²) in [7, 11) is 0. The van der Waals surface area contributed by atoms with E-state index in [2.05, 4.69) is 5.32 Å². The lowest BCUT2D eigenvalue weighted by Crippen LogP contribution is -2.30. The third kappa shape index (κ3) is 6.52. The summed E-state index contributed by atoms with van der Waals surface area (Å²) in [5.41, 5.74) is -3.01. The first-order valence-electron chi connectivity index (χ1n) is 11.2. The van der Waals surface area contributed by atoms with E-state index < -0.39 is 79.5 Å². The summed E-state index contributed by atoms with van der Waals surface area (Å²) >= 11 is 30.5. The first-order valence-corrected chi connectivity index (χ1v) is 13.1. The summed E-state index contributed by atoms with van der Waals surface area (Å²) in [6.45, 7) is 0. The molecule has 4 rings (SSSR count). The highest BCUT2D eigenvalue weighted by molar-refractivity contribution is 6.53. The highest BCUT2D eigenvalue weighted by atomic mass is 35.5. The van der Waals surface area contributed by atoms with Gasteiger partial charge in [0.2, 0.25) is 5.91 Å². The molecule has 1 fully saturated rings. The molecule has 3 amide bonds. The molecule has 0 heterocycles. The summed E-state index contributed by atoms with van der Waals surface area (Å²) in [4.78, 5) is 37.0. The van der Waals surface area contributed by atoms with Crippen molar-refractivity contribution in [3.63, 3.8) is 0 Å². The van der Waals surface area contributed by atoms with Gasteiger partial charge in [0, 0.05) is 21.7 Å². The fourth-order valence-corrected chi connectivity index (χ4v) is 5.57. The van der Waals surface area contributed by atoms with Crippen LogP contribution in [0.15, 0.2) is 42.5 Å². The molecule has 6 nitrogen and oxygen atoms in total. The minimum atomic E-state index is -5.39. The molecule has 42 heavy (non-hydrogen) atoms. The minimum Gasteiger partial charge on any atom is -0.326 e. The summed E-state index contributed by atoms with van der Waals surface area (Å²) < 4.78 is 79.7. The Morgan fingerprint density at radius 2 is 1.43 bits per heavy atom. The Morgan fingerprint density at radius 3 is 2.02 bits per heavy atom. The predicted octanol–water partition coefficient (Wildman–Crippen LogP) is 8.34. The number of benzene rings is 3. The molecule has 0 unspecified atom stereocenters. The van der Waals surface area contributed by atoms with Gasteiger partial charge in [-0.1, -0.05) is 34.8 Å². The number of alkyl halides is 5. The second kappa shape index (κ2) is 11.6. The van der Waals surface area contributed by atoms with Crippen LogP contribution < -0.4 is 16.0 Å². The number of rotatable bonds is 6. The van der Waals surface area contributed by atoms with Crippen molar-refractivity contribution in [1.29, 1.82) is 0 Å². The number of hydrogen-bond acceptors (Lipinski definition) is 3. The lowest BCUT2D eigenvalue weighted by Gasteiger charge is -2.14. The Balaban J connectivity index is 1.57. The lowest BCUT2D eigenvalue weighted by atomic mass is 10.1. The topological polar surface area (TPSA) is 87.3 Å². The highest BCUT2D eigenvalue weighted by Crippen LogP contribution is 2.65. The molecule has 3 aromatic carbocycles. The van der Waals surface area contributed by atoms with Gasteiger partial charge in [0.1, 0.15) is 21.7 Å². The molecule has 3 N–H and O–H groups in total. The molecule has 1 aliphatic carbocycles. The van der Waals surface area contributed by atoms with Crippen molar-refractivity contribution < 1.29 is 40.7 Å². The van der Waals surface area contributed by atoms with Crippen LogP contribution in [0, 0.1) is 23.4 Å². The maximum absolute atomic E-state index is 14.7. The molecule has 0 saturated heterocycles. The SMILES string of the molecule is O=C(Nc1c(F)ccc(NC(=O)C(F)(F)F)c1F)c1cc(NC(=O)[C@H]2[C@H](c3cc(Cl)cc(Cl)c3)C2(Cl)Cl)cc(F)c1Cl. The van der Waals surface area contributed by atoms with E-state index in [1.807, 2.05) is 0 Å². The third-order valence-corrected chi connectivity index (χ3v) is 7.72. The largest absolute Gasteiger partial charge is 0.471 e. The van der Waals surface area contributed by atoms with Crippen molar-refractivity contribution >= 4 is 92.8 Å². The standard InChI is InChI=1S/C25H12Cl5F6N3O3/c26-9-3-8(4-10(27)5-9)16-17(24(16,29)30)22(41)37-11-6-12(18(28)14(32)7-11)21(40)39-20-13(31)1-2-15(19(20)33)38-23(42)25(34,35)36/h1-7,16-17H,(H,37,41)(H,38,42)(H,39,40)/t16-,17+/m0/s1. The second-order valence-corrected chi connectivity index (χ2v) is 11.5. The first kappa shape index (κ1) is 32.0. The monoisotopic (exact) mass is 691 g/mol. The summed E-state index contributed by atoms with van der Waals surface area (Å²) in [6.07, 6.45) is -5.39. The van der Waals surface area contributed by atoms with Gasteiger partial charge in [0.15, 0.2) is 5.82 Å². The second-order valence-electron chi connectivity index (χ2n) is 8.83. The van der Waals surface area contributed by atoms with E-state index in [1.165, 1.54) is 23.5 Å². The molecule has 0 aromatic heterocycles. The fourth-order valence-electron chi connectivity index (χ4n) is 4.01. The van der Waals surface area contributed by atoms with Gasteiger partial charge in [0.25, 0.3) is 5.91 Å². The Labute approximate surface area is 257 Å². The van der Waals surface area contributed by atoms with Crippen molar-refractivity contribution in [3.8, 4) is 0 Å². The smallest absolute Gasteiger partial charge is 0.326 e. The van der Waals surface area contributed by atoms with Crippen LogP contribution in [-0.2, 0) is 9.59 Å². The lowest BCUT2D eigenvalue weighted by molar-refractivity contribution is -0.167. The third-order valence-electron chi connectivity index (χ3n) is 5.96. The average molecular weight is 694 g/mol. The van der Waals surface area contributed by atoms with Gasteiger partial charge in [0.05, 0.1) is 22.2 Å². The van der Waals surface area contributed by atoms with Crippen LogP contribution >= 0.6 is 58.0 Å². The molecule has 0 aliphatic heterocycles. The van der Waals surface area contributed by atoms with Crippen LogP contribution in [0.5, 0.6) is 0 Å². The summed E-state index contributed by atoms with van der Waals surface area (Å²) in [5, 5.41) is 4.94. The van der Waals surface area contributed by atoms with E-state index in [0.717, 1.165) is 12.1 Å². The van der Waals surface area contributed by atoms with Crippen LogP contribution in [0.4, 0.5) is 43.4 Å². The van der Waals surface area contributed by atoms with Crippen LogP contribution in [0.2, 0.25) is 15.1 Å². The molecule has 0 spiro atoms. The Bertz CT molecular complexity index is 1620. The molecular formula is C25H12Cl5F6N3O3. The Kier molecular flexibility index (Phi) is 8.88. The molecule has 0 bridgehead atoms. The van der Waals surface area contributed by atoms with Gasteiger partial charge in [-0.05, 0) is 48.0 Å². The number of carbonyl (C=O) groups is 3. The molecule has 17 heteroatoms. The molecular weight excluding hydrogens is 682 g/mol. The number of anilines is 3. The number of halogens is 11. The van der Waals surface area contributed by atoms with Crippen molar-refractivity contribution in [2.75, 3.05) is 16.0 Å². The highest BCUT2D eigenvalue weighted by Gasteiger charge is 2.67. The zero-order valence-corrected chi connectivity index (χ0v) is 23.9. The van der Waals surface area contributed by atoms with E-state index in [0.29, 0.717) is 17.7 Å². The van der Waals surface area contributed by atoms with Crippen LogP contribution in [0.1, 0.15) is 21.8 Å². The van der Waals surface area contributed by atoms with Gasteiger partial charge >= 0.3 is 12.1 Å². The summed E-state index contributed by atoms with van der Waals surface area (Å²) in [5.74, 6) is -11.1. The molecule has 1 saturated carbocycles. The zero-order chi connectivity index (χ0) is 31.3. The van der Waals surface area contributed by atoms with Gasteiger partial charge in [-0.2, -0.15) is 13.2 Å². The molecule has 1 aliphatic rings. The minimum absolute atomic E-state index is 0.254. The van der Waals surface area contributed by atoms with Gasteiger partial charge in [-0.15, -0.1) is 23.2 Å². The van der Waals surface area contributed by atoms with E-state index in [4.69, 9.17) is 58.0 Å². The predicted molar refractivity (Wildman–Crippen MR) is 146 cm³/mol. The first-order chi connectivity index (χ1) is 19.4. The van der Waals surface area contributed by atoms with Gasteiger partial charge in [-0.3, -0.25) is 14.4 Å². The number of nitrogens with one attached hydrogen (secondary N) is 3. The molecule has 222 valence electrons. The normalized spacial score (nSPS) is 17.4. The van der Waals surface area contributed by atoms with Crippen molar-refractivity contribution in [2.24, 2.45) is 5.92 Å². The Morgan fingerprint density at radius 1 is 0.810 bits per heavy atom.